The van der Waals surface area contributed by atoms with Crippen LogP contribution in [0.3, 0.4) is 0 Å². The monoisotopic (exact) mass is 611 g/mol. The molecule has 0 amide bonds. The molecule has 1 atom stereocenters. The standard InChI is InChI=1S/C37H39F2N3O3/c1-21(2)33(17-26-15-29(38)20-30(39)16-26)36-40-34-19-28(27-9-8-10-31(18-27)42(44)45-22(3)4)12-13-32(34)37(43)41(36)35-14-11-23(5)24(6)25(35)7/h8-16,18-22,33,44H,17H2,1-7H3. The summed E-state index contributed by atoms with van der Waals surface area (Å²) < 4.78 is 30.2. The summed E-state index contributed by atoms with van der Waals surface area (Å²) >= 11 is 0. The molecule has 0 aliphatic rings. The van der Waals surface area contributed by atoms with Crippen molar-refractivity contribution in [2.24, 2.45) is 5.92 Å². The Bertz CT molecular complexity index is 1910. The van der Waals surface area contributed by atoms with Gasteiger partial charge in [-0.1, -0.05) is 38.1 Å². The maximum atomic E-state index is 14.4. The number of aromatic nitrogens is 2. The molecule has 0 spiro atoms. The molecular weight excluding hydrogens is 572 g/mol. The van der Waals surface area contributed by atoms with Crippen molar-refractivity contribution in [2.45, 2.75) is 66.9 Å². The summed E-state index contributed by atoms with van der Waals surface area (Å²) in [6.45, 7) is 13.7. The molecule has 0 aliphatic heterocycles. The quantitative estimate of drug-likeness (QED) is 0.169. The molecule has 6 nitrogen and oxygen atoms in total. The van der Waals surface area contributed by atoms with Gasteiger partial charge in [0.25, 0.3) is 5.56 Å². The molecule has 234 valence electrons. The van der Waals surface area contributed by atoms with E-state index < -0.39 is 11.6 Å². The molecule has 45 heavy (non-hydrogen) atoms. The van der Waals surface area contributed by atoms with E-state index in [0.717, 1.165) is 44.8 Å². The second-order valence-corrected chi connectivity index (χ2v) is 12.3. The Morgan fingerprint density at radius 2 is 1.56 bits per heavy atom. The minimum absolute atomic E-state index is 0.0184. The topological polar surface area (TPSA) is 67.6 Å². The maximum Gasteiger partial charge on any atom is 0.265 e. The molecular formula is C37H39F2N3O3. The van der Waals surface area contributed by atoms with Gasteiger partial charge in [0.1, 0.15) is 17.5 Å². The fourth-order valence-electron chi connectivity index (χ4n) is 5.72. The molecule has 0 bridgehead atoms. The Morgan fingerprint density at radius 3 is 2.22 bits per heavy atom. The smallest absolute Gasteiger partial charge is 0.265 e. The number of anilines is 1. The summed E-state index contributed by atoms with van der Waals surface area (Å²) in [5.74, 6) is -1.12. The van der Waals surface area contributed by atoms with Crippen LogP contribution in [-0.2, 0) is 11.3 Å². The van der Waals surface area contributed by atoms with Crippen molar-refractivity contribution in [3.63, 3.8) is 0 Å². The highest BCUT2D eigenvalue weighted by Gasteiger charge is 2.26. The van der Waals surface area contributed by atoms with Crippen LogP contribution in [0.5, 0.6) is 0 Å². The lowest BCUT2D eigenvalue weighted by Crippen LogP contribution is -2.29. The molecule has 5 aromatic rings. The molecule has 5 rings (SSSR count). The average molecular weight is 612 g/mol. The Balaban J connectivity index is 1.73. The molecule has 0 saturated carbocycles. The first kappa shape index (κ1) is 32.0. The van der Waals surface area contributed by atoms with Crippen LogP contribution >= 0.6 is 0 Å². The number of fused-ring (bicyclic) bond motifs is 1. The highest BCUT2D eigenvalue weighted by atomic mass is 19.1. The Hall–Kier alpha value is -4.40. The fraction of sp³-hybridized carbons (Fsp3) is 0.297. The number of aryl methyl sites for hydroxylation is 1. The summed E-state index contributed by atoms with van der Waals surface area (Å²) in [5.41, 5.74) is 6.72. The zero-order valence-corrected chi connectivity index (χ0v) is 26.7. The van der Waals surface area contributed by atoms with Crippen LogP contribution < -0.4 is 10.8 Å². The lowest BCUT2D eigenvalue weighted by Gasteiger charge is -2.26. The molecule has 4 aromatic carbocycles. The van der Waals surface area contributed by atoms with Crippen LogP contribution in [0.1, 0.15) is 61.7 Å². The first-order valence-corrected chi connectivity index (χ1v) is 15.2. The number of nitrogens with zero attached hydrogens (tertiary/aromatic N) is 3. The van der Waals surface area contributed by atoms with Gasteiger partial charge in [-0.25, -0.2) is 18.6 Å². The van der Waals surface area contributed by atoms with Gasteiger partial charge in [0.2, 0.25) is 0 Å². The first-order valence-electron chi connectivity index (χ1n) is 15.2. The van der Waals surface area contributed by atoms with Gasteiger partial charge >= 0.3 is 0 Å². The Morgan fingerprint density at radius 1 is 0.867 bits per heavy atom. The molecule has 8 heteroatoms. The van der Waals surface area contributed by atoms with E-state index in [0.29, 0.717) is 28.0 Å². The molecule has 1 unspecified atom stereocenters. The van der Waals surface area contributed by atoms with Crippen LogP contribution in [0.15, 0.2) is 77.6 Å². The third-order valence-corrected chi connectivity index (χ3v) is 8.39. The van der Waals surface area contributed by atoms with Crippen molar-refractivity contribution in [1.29, 1.82) is 0 Å². The summed E-state index contributed by atoms with van der Waals surface area (Å²) in [6.07, 6.45) is 0.0702. The lowest BCUT2D eigenvalue weighted by atomic mass is 9.87. The van der Waals surface area contributed by atoms with E-state index in [1.165, 1.54) is 12.1 Å². The molecule has 1 aromatic heterocycles. The second-order valence-electron chi connectivity index (χ2n) is 12.3. The van der Waals surface area contributed by atoms with Crippen molar-refractivity contribution in [1.82, 2.24) is 9.55 Å². The molecule has 0 radical (unpaired) electrons. The maximum absolute atomic E-state index is 14.4. The van der Waals surface area contributed by atoms with Gasteiger partial charge in [-0.05, 0) is 123 Å². The van der Waals surface area contributed by atoms with Crippen LogP contribution in [0.25, 0.3) is 27.7 Å². The minimum Gasteiger partial charge on any atom is -0.268 e. The first-order chi connectivity index (χ1) is 21.3. The summed E-state index contributed by atoms with van der Waals surface area (Å²) in [4.78, 5) is 25.0. The minimum atomic E-state index is -0.645. The van der Waals surface area contributed by atoms with E-state index in [9.17, 15) is 18.8 Å². The van der Waals surface area contributed by atoms with Crippen molar-refractivity contribution in [3.05, 3.63) is 123 Å². The van der Waals surface area contributed by atoms with Crippen molar-refractivity contribution in [3.8, 4) is 16.8 Å². The SMILES string of the molecule is Cc1ccc(-n2c(C(Cc3cc(F)cc(F)c3)C(C)C)nc3cc(-c4cccc(N(O)OC(C)C)c4)ccc3c2=O)c(C)c1C. The van der Waals surface area contributed by atoms with Crippen LogP contribution in [-0.4, -0.2) is 20.9 Å². The highest BCUT2D eigenvalue weighted by molar-refractivity contribution is 5.84. The number of halogens is 2. The molecule has 1 heterocycles. The molecule has 0 saturated heterocycles. The number of hydrogen-bond donors (Lipinski definition) is 1. The number of rotatable bonds is 9. The predicted molar refractivity (Wildman–Crippen MR) is 175 cm³/mol. The highest BCUT2D eigenvalue weighted by Crippen LogP contribution is 2.33. The van der Waals surface area contributed by atoms with Gasteiger partial charge in [0.15, 0.2) is 0 Å². The normalized spacial score (nSPS) is 12.4. The van der Waals surface area contributed by atoms with Gasteiger partial charge in [-0.2, -0.15) is 0 Å². The van der Waals surface area contributed by atoms with E-state index in [2.05, 4.69) is 0 Å². The third-order valence-electron chi connectivity index (χ3n) is 8.39. The summed E-state index contributed by atoms with van der Waals surface area (Å²) in [6, 6.07) is 20.2. The molecule has 1 N–H and O–H groups in total. The number of hydrogen-bond acceptors (Lipinski definition) is 5. The van der Waals surface area contributed by atoms with Gasteiger partial charge < -0.3 is 0 Å². The van der Waals surface area contributed by atoms with Gasteiger partial charge in [0, 0.05) is 12.0 Å². The van der Waals surface area contributed by atoms with Gasteiger partial charge in [-0.3, -0.25) is 14.6 Å². The fourth-order valence-corrected chi connectivity index (χ4v) is 5.72. The molecule has 0 fully saturated rings. The Kier molecular flexibility index (Phi) is 9.18. The number of benzene rings is 4. The zero-order valence-electron chi connectivity index (χ0n) is 26.7. The van der Waals surface area contributed by atoms with E-state index in [1.807, 2.05) is 84.9 Å². The van der Waals surface area contributed by atoms with E-state index in [1.54, 1.807) is 22.8 Å². The third kappa shape index (κ3) is 6.67. The van der Waals surface area contributed by atoms with Crippen LogP contribution in [0.4, 0.5) is 14.5 Å². The lowest BCUT2D eigenvalue weighted by molar-refractivity contribution is -0.0710. The van der Waals surface area contributed by atoms with Crippen molar-refractivity contribution >= 4 is 16.6 Å². The summed E-state index contributed by atoms with van der Waals surface area (Å²) in [5, 5.41) is 11.6. The largest absolute Gasteiger partial charge is 0.268 e. The Labute approximate surface area is 262 Å². The van der Waals surface area contributed by atoms with Gasteiger partial charge in [0.05, 0.1) is 28.4 Å². The van der Waals surface area contributed by atoms with E-state index in [-0.39, 0.29) is 29.9 Å². The average Bonchev–Trinajstić information content (AvgIpc) is 2.98. The zero-order chi connectivity index (χ0) is 32.6. The van der Waals surface area contributed by atoms with E-state index in [4.69, 9.17) is 9.82 Å². The molecule has 0 aliphatic carbocycles. The second kappa shape index (κ2) is 12.9. The van der Waals surface area contributed by atoms with Crippen molar-refractivity contribution < 1.29 is 18.8 Å². The van der Waals surface area contributed by atoms with Crippen molar-refractivity contribution in [2.75, 3.05) is 5.23 Å². The summed E-state index contributed by atoms with van der Waals surface area (Å²) in [7, 11) is 0. The van der Waals surface area contributed by atoms with Crippen LogP contribution in [0, 0.1) is 38.3 Å². The van der Waals surface area contributed by atoms with E-state index >= 15 is 0 Å². The van der Waals surface area contributed by atoms with Crippen LogP contribution in [0.2, 0.25) is 0 Å². The predicted octanol–water partition coefficient (Wildman–Crippen LogP) is 8.77. The van der Waals surface area contributed by atoms with Gasteiger partial charge in [-0.15, -0.1) is 5.23 Å².